The van der Waals surface area contributed by atoms with Gasteiger partial charge < -0.3 is 23.7 Å². The third kappa shape index (κ3) is 4.09. The van der Waals surface area contributed by atoms with Crippen molar-refractivity contribution in [1.82, 2.24) is 14.9 Å². The van der Waals surface area contributed by atoms with Crippen molar-refractivity contribution in [2.75, 3.05) is 45.3 Å². The normalized spacial score (nSPS) is 17.9. The van der Waals surface area contributed by atoms with Crippen LogP contribution in [0, 0.1) is 0 Å². The molecule has 9 nitrogen and oxygen atoms in total. The highest BCUT2D eigenvalue weighted by molar-refractivity contribution is 5.98. The van der Waals surface area contributed by atoms with Crippen LogP contribution in [0.5, 0.6) is 11.5 Å². The molecule has 1 atom stereocenters. The van der Waals surface area contributed by atoms with Crippen LogP contribution in [-0.4, -0.2) is 67.0 Å². The lowest BCUT2D eigenvalue weighted by Gasteiger charge is -2.34. The van der Waals surface area contributed by atoms with E-state index in [0.29, 0.717) is 67.8 Å². The SMILES string of the molecule is COc1ccc(C2CC(=O)c3cnc(N4CCN(C(=O)c5ccco5)CC4)nc3C2)cc1OC. The first-order valence-electron chi connectivity index (χ1n) is 11.3. The molecule has 2 aliphatic rings. The van der Waals surface area contributed by atoms with Gasteiger partial charge in [-0.25, -0.2) is 9.97 Å². The summed E-state index contributed by atoms with van der Waals surface area (Å²) >= 11 is 0. The fourth-order valence-corrected chi connectivity index (χ4v) is 4.59. The van der Waals surface area contributed by atoms with E-state index in [4.69, 9.17) is 18.9 Å². The molecule has 0 N–H and O–H groups in total. The van der Waals surface area contributed by atoms with Gasteiger partial charge in [0.05, 0.1) is 31.7 Å². The maximum absolute atomic E-state index is 12.9. The Morgan fingerprint density at radius 1 is 1.06 bits per heavy atom. The number of carbonyl (C=O) groups excluding carboxylic acids is 2. The van der Waals surface area contributed by atoms with Gasteiger partial charge in [0.15, 0.2) is 23.0 Å². The number of hydrogen-bond donors (Lipinski definition) is 0. The lowest BCUT2D eigenvalue weighted by molar-refractivity contribution is 0.0714. The van der Waals surface area contributed by atoms with E-state index in [9.17, 15) is 9.59 Å². The molecule has 3 heterocycles. The van der Waals surface area contributed by atoms with E-state index < -0.39 is 0 Å². The minimum Gasteiger partial charge on any atom is -0.493 e. The van der Waals surface area contributed by atoms with Crippen molar-refractivity contribution < 1.29 is 23.5 Å². The second kappa shape index (κ2) is 9.17. The number of methoxy groups -OCH3 is 2. The summed E-state index contributed by atoms with van der Waals surface area (Å²) in [5, 5.41) is 0. The van der Waals surface area contributed by atoms with Crippen LogP contribution in [-0.2, 0) is 6.42 Å². The average Bonchev–Trinajstić information content (AvgIpc) is 3.42. The van der Waals surface area contributed by atoms with Crippen LogP contribution in [0.25, 0.3) is 0 Å². The molecular weight excluding hydrogens is 436 g/mol. The third-order valence-electron chi connectivity index (χ3n) is 6.49. The number of nitrogens with zero attached hydrogens (tertiary/aromatic N) is 4. The molecule has 176 valence electrons. The van der Waals surface area contributed by atoms with Crippen LogP contribution < -0.4 is 14.4 Å². The first-order chi connectivity index (χ1) is 16.6. The molecule has 0 spiro atoms. The molecule has 5 rings (SSSR count). The highest BCUT2D eigenvalue weighted by Gasteiger charge is 2.30. The van der Waals surface area contributed by atoms with Crippen molar-refractivity contribution in [2.45, 2.75) is 18.8 Å². The maximum Gasteiger partial charge on any atom is 0.289 e. The summed E-state index contributed by atoms with van der Waals surface area (Å²) in [4.78, 5) is 38.4. The van der Waals surface area contributed by atoms with Gasteiger partial charge in [0, 0.05) is 38.8 Å². The molecule has 3 aromatic rings. The minimum atomic E-state index is -0.112. The summed E-state index contributed by atoms with van der Waals surface area (Å²) in [7, 11) is 3.20. The number of ether oxygens (including phenoxy) is 2. The molecule has 0 saturated carbocycles. The van der Waals surface area contributed by atoms with Crippen molar-refractivity contribution in [1.29, 1.82) is 0 Å². The predicted octanol–water partition coefficient (Wildman–Crippen LogP) is 2.96. The number of anilines is 1. The van der Waals surface area contributed by atoms with E-state index in [1.807, 2.05) is 18.2 Å². The Morgan fingerprint density at radius 2 is 1.85 bits per heavy atom. The number of carbonyl (C=O) groups is 2. The molecular formula is C25H26N4O5. The Labute approximate surface area is 197 Å². The van der Waals surface area contributed by atoms with Crippen LogP contribution in [0.2, 0.25) is 0 Å². The molecule has 0 radical (unpaired) electrons. The number of benzene rings is 1. The van der Waals surface area contributed by atoms with Crippen molar-refractivity contribution in [3.8, 4) is 11.5 Å². The van der Waals surface area contributed by atoms with Gasteiger partial charge in [0.1, 0.15) is 0 Å². The smallest absolute Gasteiger partial charge is 0.289 e. The lowest BCUT2D eigenvalue weighted by atomic mass is 9.82. The number of ketones is 1. The van der Waals surface area contributed by atoms with Gasteiger partial charge in [-0.05, 0) is 42.2 Å². The Balaban J connectivity index is 1.31. The fourth-order valence-electron chi connectivity index (χ4n) is 4.59. The Hall–Kier alpha value is -3.88. The van der Waals surface area contributed by atoms with Gasteiger partial charge in [-0.1, -0.05) is 6.07 Å². The predicted molar refractivity (Wildman–Crippen MR) is 124 cm³/mol. The van der Waals surface area contributed by atoms with Crippen LogP contribution in [0.1, 0.15) is 44.5 Å². The number of aromatic nitrogens is 2. The van der Waals surface area contributed by atoms with Crippen LogP contribution in [0.4, 0.5) is 5.95 Å². The summed E-state index contributed by atoms with van der Waals surface area (Å²) in [6, 6.07) is 9.15. The largest absolute Gasteiger partial charge is 0.493 e. The maximum atomic E-state index is 12.9. The van der Waals surface area contributed by atoms with Gasteiger partial charge in [0.2, 0.25) is 5.95 Å². The van der Waals surface area contributed by atoms with E-state index in [2.05, 4.69) is 9.88 Å². The van der Waals surface area contributed by atoms with Crippen LogP contribution in [0.3, 0.4) is 0 Å². The number of piperazine rings is 1. The third-order valence-corrected chi connectivity index (χ3v) is 6.49. The molecule has 1 aliphatic carbocycles. The minimum absolute atomic E-state index is 0.00493. The summed E-state index contributed by atoms with van der Waals surface area (Å²) in [5.41, 5.74) is 2.36. The molecule has 1 amide bonds. The number of Topliss-reactive ketones (excluding diaryl/α,β-unsaturated/α-hetero) is 1. The molecule has 9 heteroatoms. The topological polar surface area (TPSA) is 98.0 Å². The molecule has 1 unspecified atom stereocenters. The van der Waals surface area contributed by atoms with E-state index in [0.717, 1.165) is 11.3 Å². The highest BCUT2D eigenvalue weighted by atomic mass is 16.5. The zero-order chi connectivity index (χ0) is 23.7. The number of amides is 1. The fraction of sp³-hybridized carbons (Fsp3) is 0.360. The van der Waals surface area contributed by atoms with E-state index in [-0.39, 0.29) is 17.6 Å². The van der Waals surface area contributed by atoms with Crippen molar-refractivity contribution in [3.05, 3.63) is 65.4 Å². The second-order valence-electron chi connectivity index (χ2n) is 8.43. The second-order valence-corrected chi connectivity index (χ2v) is 8.43. The summed E-state index contributed by atoms with van der Waals surface area (Å²) in [6.45, 7) is 2.32. The van der Waals surface area contributed by atoms with Gasteiger partial charge in [-0.2, -0.15) is 0 Å². The number of furan rings is 1. The quantitative estimate of drug-likeness (QED) is 0.571. The Bertz CT molecular complexity index is 1200. The molecule has 1 fully saturated rings. The molecule has 1 aliphatic heterocycles. The number of fused-ring (bicyclic) bond motifs is 1. The summed E-state index contributed by atoms with van der Waals surface area (Å²) in [5.74, 6) is 2.17. The zero-order valence-electron chi connectivity index (χ0n) is 19.2. The lowest BCUT2D eigenvalue weighted by Crippen LogP contribution is -2.49. The number of hydrogen-bond acceptors (Lipinski definition) is 8. The van der Waals surface area contributed by atoms with Gasteiger partial charge in [-0.3, -0.25) is 9.59 Å². The van der Waals surface area contributed by atoms with Gasteiger partial charge in [0.25, 0.3) is 5.91 Å². The van der Waals surface area contributed by atoms with Gasteiger partial charge >= 0.3 is 0 Å². The van der Waals surface area contributed by atoms with Crippen molar-refractivity contribution >= 4 is 17.6 Å². The van der Waals surface area contributed by atoms with Crippen molar-refractivity contribution in [2.24, 2.45) is 0 Å². The molecule has 0 bridgehead atoms. The Kier molecular flexibility index (Phi) is 5.91. The highest BCUT2D eigenvalue weighted by Crippen LogP contribution is 2.36. The van der Waals surface area contributed by atoms with Crippen LogP contribution in [0.15, 0.2) is 47.2 Å². The molecule has 2 aromatic heterocycles. The van der Waals surface area contributed by atoms with Gasteiger partial charge in [-0.15, -0.1) is 0 Å². The van der Waals surface area contributed by atoms with E-state index in [1.165, 1.54) is 6.26 Å². The van der Waals surface area contributed by atoms with E-state index >= 15 is 0 Å². The first kappa shape index (κ1) is 21.9. The molecule has 1 saturated heterocycles. The summed E-state index contributed by atoms with van der Waals surface area (Å²) < 4.78 is 16.0. The van der Waals surface area contributed by atoms with Crippen LogP contribution >= 0.6 is 0 Å². The van der Waals surface area contributed by atoms with E-state index in [1.54, 1.807) is 37.4 Å². The average molecular weight is 463 g/mol. The molecule has 1 aromatic carbocycles. The zero-order valence-corrected chi connectivity index (χ0v) is 19.2. The standard InChI is InChI=1S/C25H26N4O5/c1-32-21-6-5-16(14-23(21)33-2)17-12-19-18(20(30)13-17)15-26-25(27-19)29-9-7-28(8-10-29)24(31)22-4-3-11-34-22/h3-6,11,14-15,17H,7-10,12-13H2,1-2H3. The summed E-state index contributed by atoms with van der Waals surface area (Å²) in [6.07, 6.45) is 4.19. The monoisotopic (exact) mass is 462 g/mol. The Morgan fingerprint density at radius 3 is 2.56 bits per heavy atom. The van der Waals surface area contributed by atoms with Crippen molar-refractivity contribution in [3.63, 3.8) is 0 Å². The number of rotatable bonds is 5. The molecule has 34 heavy (non-hydrogen) atoms. The first-order valence-corrected chi connectivity index (χ1v) is 11.3.